The van der Waals surface area contributed by atoms with Gasteiger partial charge in [-0.3, -0.25) is 13.5 Å². The van der Waals surface area contributed by atoms with Crippen LogP contribution in [0.5, 0.6) is 0 Å². The first-order chi connectivity index (χ1) is 12.3. The molecule has 2 atom stereocenters. The van der Waals surface area contributed by atoms with Gasteiger partial charge in [-0.1, -0.05) is 33.2 Å². The molecular weight excluding hydrogens is 430 g/mol. The van der Waals surface area contributed by atoms with Crippen molar-refractivity contribution in [2.75, 3.05) is 0 Å². The number of carboxylic acids is 1. The highest BCUT2D eigenvalue weighted by molar-refractivity contribution is 9.10. The SMILES string of the molecule is CC(OS(=O)O)c1c(Br)cccc1C(=O)c1c(C(=O)O)noc1C1CC1. The van der Waals surface area contributed by atoms with Crippen molar-refractivity contribution in [3.63, 3.8) is 0 Å². The second kappa shape index (κ2) is 7.39. The molecule has 2 N–H and O–H groups in total. The third-order valence-corrected chi connectivity index (χ3v) is 5.17. The standard InChI is InChI=1S/C16H14BrNO7S/c1-7(25-26(22)23)11-9(3-2-4-10(11)17)14(19)12-13(16(20)21)18-24-15(12)8-5-6-8/h2-4,7-8H,5-6H2,1H3,(H,20,21)(H,22,23). The average molecular weight is 444 g/mol. The fraction of sp³-hybridized carbons (Fsp3) is 0.312. The number of aromatic nitrogens is 1. The molecule has 1 aromatic carbocycles. The Balaban J connectivity index is 2.12. The van der Waals surface area contributed by atoms with Gasteiger partial charge >= 0.3 is 17.3 Å². The summed E-state index contributed by atoms with van der Waals surface area (Å²) in [6.45, 7) is 1.51. The topological polar surface area (TPSA) is 127 Å². The minimum atomic E-state index is -2.53. The third-order valence-electron chi connectivity index (χ3n) is 4.03. The van der Waals surface area contributed by atoms with E-state index in [1.165, 1.54) is 13.0 Å². The summed E-state index contributed by atoms with van der Waals surface area (Å²) in [4.78, 5) is 24.6. The summed E-state index contributed by atoms with van der Waals surface area (Å²) in [5.41, 5.74) is -0.0529. The van der Waals surface area contributed by atoms with Crippen LogP contribution in [-0.4, -0.2) is 30.8 Å². The van der Waals surface area contributed by atoms with E-state index in [0.717, 1.165) is 12.8 Å². The number of carbonyl (C=O) groups excluding carboxylic acids is 1. The number of rotatable bonds is 7. The summed E-state index contributed by atoms with van der Waals surface area (Å²) >= 11 is 0.775. The highest BCUT2D eigenvalue weighted by atomic mass is 79.9. The highest BCUT2D eigenvalue weighted by Gasteiger charge is 2.38. The molecule has 0 aliphatic heterocycles. The molecule has 1 aliphatic rings. The summed E-state index contributed by atoms with van der Waals surface area (Å²) in [6, 6.07) is 4.76. The monoisotopic (exact) mass is 443 g/mol. The summed E-state index contributed by atoms with van der Waals surface area (Å²) in [5.74, 6) is -1.70. The zero-order chi connectivity index (χ0) is 19.0. The fourth-order valence-electron chi connectivity index (χ4n) is 2.75. The molecule has 0 spiro atoms. The maximum absolute atomic E-state index is 13.2. The molecule has 0 radical (unpaired) electrons. The van der Waals surface area contributed by atoms with Crippen molar-refractivity contribution in [1.82, 2.24) is 5.16 Å². The van der Waals surface area contributed by atoms with Gasteiger partial charge in [0.05, 0.1) is 0 Å². The van der Waals surface area contributed by atoms with Crippen LogP contribution in [0.2, 0.25) is 0 Å². The van der Waals surface area contributed by atoms with Crippen molar-refractivity contribution in [3.05, 3.63) is 50.8 Å². The number of hydrogen-bond acceptors (Lipinski definition) is 6. The van der Waals surface area contributed by atoms with Crippen LogP contribution in [0.1, 0.15) is 69.5 Å². The molecule has 138 valence electrons. The minimum Gasteiger partial charge on any atom is -0.476 e. The lowest BCUT2D eigenvalue weighted by Gasteiger charge is -2.16. The smallest absolute Gasteiger partial charge is 0.358 e. The van der Waals surface area contributed by atoms with E-state index < -0.39 is 34.9 Å². The molecular formula is C16H14BrNO7S. The first kappa shape index (κ1) is 18.9. The zero-order valence-electron chi connectivity index (χ0n) is 13.5. The van der Waals surface area contributed by atoms with Gasteiger partial charge < -0.3 is 9.63 Å². The lowest BCUT2D eigenvalue weighted by molar-refractivity contribution is 0.0682. The van der Waals surface area contributed by atoms with E-state index >= 15 is 0 Å². The molecule has 3 rings (SSSR count). The molecule has 1 aliphatic carbocycles. The van der Waals surface area contributed by atoms with E-state index in [1.54, 1.807) is 12.1 Å². The molecule has 10 heteroatoms. The van der Waals surface area contributed by atoms with Crippen molar-refractivity contribution in [2.45, 2.75) is 31.8 Å². The van der Waals surface area contributed by atoms with E-state index in [0.29, 0.717) is 10.0 Å². The maximum Gasteiger partial charge on any atom is 0.358 e. The van der Waals surface area contributed by atoms with Crippen LogP contribution in [0.15, 0.2) is 27.2 Å². The Labute approximate surface area is 159 Å². The summed E-state index contributed by atoms with van der Waals surface area (Å²) in [7, 11) is 0. The average Bonchev–Trinajstić information content (AvgIpc) is 3.31. The van der Waals surface area contributed by atoms with Gasteiger partial charge in [-0.2, -0.15) is 4.21 Å². The van der Waals surface area contributed by atoms with E-state index in [1.807, 2.05) is 0 Å². The normalized spacial score (nSPS) is 16.3. The van der Waals surface area contributed by atoms with Crippen LogP contribution in [0, 0.1) is 0 Å². The molecule has 0 amide bonds. The Kier molecular flexibility index (Phi) is 5.37. The minimum absolute atomic E-state index is 0.0243. The second-order valence-electron chi connectivity index (χ2n) is 5.84. The quantitative estimate of drug-likeness (QED) is 0.491. The second-order valence-corrected chi connectivity index (χ2v) is 7.32. The number of aromatic carboxylic acids is 1. The van der Waals surface area contributed by atoms with Crippen molar-refractivity contribution in [3.8, 4) is 0 Å². The van der Waals surface area contributed by atoms with Crippen LogP contribution in [0.25, 0.3) is 0 Å². The van der Waals surface area contributed by atoms with E-state index in [2.05, 4.69) is 21.1 Å². The van der Waals surface area contributed by atoms with Crippen LogP contribution < -0.4 is 0 Å². The Morgan fingerprint density at radius 3 is 2.69 bits per heavy atom. The van der Waals surface area contributed by atoms with Gasteiger partial charge in [0.1, 0.15) is 11.7 Å². The third kappa shape index (κ3) is 3.63. The molecule has 2 unspecified atom stereocenters. The number of carbonyl (C=O) groups is 2. The van der Waals surface area contributed by atoms with E-state index in [-0.39, 0.29) is 22.8 Å². The molecule has 8 nitrogen and oxygen atoms in total. The Hall–Kier alpha value is -1.88. The molecule has 2 aromatic rings. The summed E-state index contributed by atoms with van der Waals surface area (Å²) in [5, 5.41) is 12.9. The van der Waals surface area contributed by atoms with Crippen LogP contribution in [0.3, 0.4) is 0 Å². The first-order valence-electron chi connectivity index (χ1n) is 7.65. The molecule has 1 heterocycles. The number of halogens is 1. The summed E-state index contributed by atoms with van der Waals surface area (Å²) in [6.07, 6.45) is 0.694. The van der Waals surface area contributed by atoms with Gasteiger partial charge in [0.25, 0.3) is 0 Å². The zero-order valence-corrected chi connectivity index (χ0v) is 15.9. The number of hydrogen-bond donors (Lipinski definition) is 2. The molecule has 1 saturated carbocycles. The first-order valence-corrected chi connectivity index (χ1v) is 9.47. The van der Waals surface area contributed by atoms with Gasteiger partial charge in [0, 0.05) is 21.5 Å². The predicted octanol–water partition coefficient (Wildman–Crippen LogP) is 3.46. The predicted molar refractivity (Wildman–Crippen MR) is 93.3 cm³/mol. The van der Waals surface area contributed by atoms with E-state index in [9.17, 15) is 18.9 Å². The van der Waals surface area contributed by atoms with Gasteiger partial charge in [0.15, 0.2) is 11.5 Å². The largest absolute Gasteiger partial charge is 0.476 e. The number of ketones is 1. The van der Waals surface area contributed by atoms with Gasteiger partial charge in [-0.15, -0.1) is 0 Å². The number of nitrogens with zero attached hydrogens (tertiary/aromatic N) is 1. The maximum atomic E-state index is 13.2. The Morgan fingerprint density at radius 2 is 2.12 bits per heavy atom. The Morgan fingerprint density at radius 1 is 1.42 bits per heavy atom. The summed E-state index contributed by atoms with van der Waals surface area (Å²) < 4.78 is 30.5. The van der Waals surface area contributed by atoms with Gasteiger partial charge in [-0.05, 0) is 25.8 Å². The fourth-order valence-corrected chi connectivity index (χ4v) is 3.78. The van der Waals surface area contributed by atoms with Crippen molar-refractivity contribution >= 4 is 39.0 Å². The van der Waals surface area contributed by atoms with Crippen LogP contribution >= 0.6 is 15.9 Å². The Bertz CT molecular complexity index is 906. The molecule has 1 aromatic heterocycles. The molecule has 26 heavy (non-hydrogen) atoms. The highest BCUT2D eigenvalue weighted by Crippen LogP contribution is 2.43. The molecule has 1 fully saturated rings. The lowest BCUT2D eigenvalue weighted by atomic mass is 9.94. The van der Waals surface area contributed by atoms with Gasteiger partial charge in [0.2, 0.25) is 5.69 Å². The van der Waals surface area contributed by atoms with Gasteiger partial charge in [-0.25, -0.2) is 4.79 Å². The lowest BCUT2D eigenvalue weighted by Crippen LogP contribution is -2.15. The number of carboxylic acid groups (broad SMARTS) is 1. The van der Waals surface area contributed by atoms with Crippen molar-refractivity contribution < 1.29 is 32.2 Å². The molecule has 0 bridgehead atoms. The van der Waals surface area contributed by atoms with Crippen LogP contribution in [-0.2, 0) is 15.5 Å². The number of benzene rings is 1. The van der Waals surface area contributed by atoms with Crippen molar-refractivity contribution in [2.24, 2.45) is 0 Å². The van der Waals surface area contributed by atoms with E-state index in [4.69, 9.17) is 13.3 Å². The van der Waals surface area contributed by atoms with Crippen molar-refractivity contribution in [1.29, 1.82) is 0 Å². The van der Waals surface area contributed by atoms with Crippen LogP contribution in [0.4, 0.5) is 0 Å². The molecule has 0 saturated heterocycles.